The van der Waals surface area contributed by atoms with Crippen LogP contribution in [0.2, 0.25) is 0 Å². The normalized spacial score (nSPS) is 23.3. The molecular formula is C18H21BrN6O. The standard InChI is InChI=1S/C18H21BrN6O/c19-14-4-1-3-13(11-14)16-15(12-22-23-16)17(26)24-7-9-25(10-8-24)18-20-5-2-6-21-18/h1-6,11,15-16,22-23H,7-10,12H2. The van der Waals surface area contributed by atoms with Crippen molar-refractivity contribution in [1.82, 2.24) is 25.7 Å². The lowest BCUT2D eigenvalue weighted by Crippen LogP contribution is -2.51. The number of carbonyl (C=O) groups excluding carboxylic acids is 1. The molecule has 136 valence electrons. The summed E-state index contributed by atoms with van der Waals surface area (Å²) < 4.78 is 1.02. The highest BCUT2D eigenvalue weighted by Gasteiger charge is 2.37. The third-order valence-electron chi connectivity index (χ3n) is 4.93. The molecule has 1 amide bonds. The number of piperazine rings is 1. The average Bonchev–Trinajstić information content (AvgIpc) is 3.18. The number of halogens is 1. The zero-order chi connectivity index (χ0) is 17.9. The first kappa shape index (κ1) is 17.4. The van der Waals surface area contributed by atoms with Gasteiger partial charge in [-0.25, -0.2) is 15.4 Å². The molecule has 7 nitrogen and oxygen atoms in total. The van der Waals surface area contributed by atoms with E-state index in [1.54, 1.807) is 12.4 Å². The van der Waals surface area contributed by atoms with Crippen LogP contribution < -0.4 is 15.8 Å². The first-order valence-electron chi connectivity index (χ1n) is 8.77. The number of hydrogen-bond acceptors (Lipinski definition) is 6. The third kappa shape index (κ3) is 3.58. The van der Waals surface area contributed by atoms with Crippen LogP contribution in [-0.2, 0) is 4.79 Å². The van der Waals surface area contributed by atoms with E-state index in [-0.39, 0.29) is 17.9 Å². The highest BCUT2D eigenvalue weighted by molar-refractivity contribution is 9.10. The first-order valence-corrected chi connectivity index (χ1v) is 9.56. The van der Waals surface area contributed by atoms with Crippen LogP contribution in [0.25, 0.3) is 0 Å². The summed E-state index contributed by atoms with van der Waals surface area (Å²) in [5, 5.41) is 0. The summed E-state index contributed by atoms with van der Waals surface area (Å²) in [6.07, 6.45) is 3.50. The van der Waals surface area contributed by atoms with Crippen LogP contribution in [0.5, 0.6) is 0 Å². The molecule has 3 heterocycles. The molecule has 2 aliphatic rings. The van der Waals surface area contributed by atoms with Crippen molar-refractivity contribution in [2.45, 2.75) is 6.04 Å². The Bertz CT molecular complexity index is 765. The van der Waals surface area contributed by atoms with Gasteiger partial charge in [-0.2, -0.15) is 0 Å². The Morgan fingerprint density at radius 3 is 2.62 bits per heavy atom. The maximum atomic E-state index is 13.1. The van der Waals surface area contributed by atoms with Crippen LogP contribution in [0, 0.1) is 5.92 Å². The molecule has 2 N–H and O–H groups in total. The minimum absolute atomic E-state index is 0.0181. The second-order valence-corrected chi connectivity index (χ2v) is 7.44. The van der Waals surface area contributed by atoms with E-state index in [0.29, 0.717) is 19.6 Å². The summed E-state index contributed by atoms with van der Waals surface area (Å²) in [7, 11) is 0. The maximum absolute atomic E-state index is 13.1. The predicted octanol–water partition coefficient (Wildman–Crippen LogP) is 1.35. The first-order chi connectivity index (χ1) is 12.7. The Morgan fingerprint density at radius 1 is 1.12 bits per heavy atom. The van der Waals surface area contributed by atoms with Gasteiger partial charge in [0.15, 0.2) is 0 Å². The lowest BCUT2D eigenvalue weighted by molar-refractivity contribution is -0.135. The molecule has 0 spiro atoms. The highest BCUT2D eigenvalue weighted by atomic mass is 79.9. The van der Waals surface area contributed by atoms with E-state index in [1.807, 2.05) is 23.1 Å². The highest BCUT2D eigenvalue weighted by Crippen LogP contribution is 2.28. The fourth-order valence-electron chi connectivity index (χ4n) is 3.56. The van der Waals surface area contributed by atoms with Gasteiger partial charge in [0.05, 0.1) is 12.0 Å². The van der Waals surface area contributed by atoms with Gasteiger partial charge in [0.1, 0.15) is 0 Å². The van der Waals surface area contributed by atoms with E-state index in [0.717, 1.165) is 29.1 Å². The van der Waals surface area contributed by atoms with E-state index in [2.05, 4.69) is 53.8 Å². The van der Waals surface area contributed by atoms with Gasteiger partial charge in [-0.1, -0.05) is 28.1 Å². The van der Waals surface area contributed by atoms with Crippen LogP contribution in [-0.4, -0.2) is 53.5 Å². The smallest absolute Gasteiger partial charge is 0.229 e. The predicted molar refractivity (Wildman–Crippen MR) is 102 cm³/mol. The molecule has 8 heteroatoms. The van der Waals surface area contributed by atoms with Crippen molar-refractivity contribution < 1.29 is 4.79 Å². The number of nitrogens with zero attached hydrogens (tertiary/aromatic N) is 4. The largest absolute Gasteiger partial charge is 0.339 e. The Kier molecular flexibility index (Phi) is 5.14. The Balaban J connectivity index is 1.41. The number of rotatable bonds is 3. The van der Waals surface area contributed by atoms with Gasteiger partial charge in [-0.15, -0.1) is 0 Å². The topological polar surface area (TPSA) is 73.4 Å². The molecule has 2 saturated heterocycles. The number of nitrogens with one attached hydrogen (secondary N) is 2. The molecule has 2 atom stereocenters. The molecule has 2 aromatic rings. The van der Waals surface area contributed by atoms with Crippen molar-refractivity contribution in [3.63, 3.8) is 0 Å². The molecule has 0 radical (unpaired) electrons. The molecule has 26 heavy (non-hydrogen) atoms. The molecule has 0 saturated carbocycles. The zero-order valence-corrected chi connectivity index (χ0v) is 15.9. The van der Waals surface area contributed by atoms with Crippen molar-refractivity contribution in [3.8, 4) is 0 Å². The summed E-state index contributed by atoms with van der Waals surface area (Å²) >= 11 is 3.51. The number of benzene rings is 1. The second kappa shape index (κ2) is 7.69. The summed E-state index contributed by atoms with van der Waals surface area (Å²) in [6.45, 7) is 3.53. The minimum Gasteiger partial charge on any atom is -0.339 e. The number of hydrogen-bond donors (Lipinski definition) is 2. The van der Waals surface area contributed by atoms with E-state index >= 15 is 0 Å². The van der Waals surface area contributed by atoms with Crippen molar-refractivity contribution in [1.29, 1.82) is 0 Å². The fraction of sp³-hybridized carbons (Fsp3) is 0.389. The lowest BCUT2D eigenvalue weighted by Gasteiger charge is -2.36. The SMILES string of the molecule is O=C(C1CNNC1c1cccc(Br)c1)N1CCN(c2ncccn2)CC1. The second-order valence-electron chi connectivity index (χ2n) is 6.53. The average molecular weight is 417 g/mol. The molecule has 2 aliphatic heterocycles. The summed E-state index contributed by atoms with van der Waals surface area (Å²) in [6, 6.07) is 9.91. The minimum atomic E-state index is -0.108. The third-order valence-corrected chi connectivity index (χ3v) is 5.43. The van der Waals surface area contributed by atoms with Gasteiger partial charge in [0, 0.05) is 49.6 Å². The van der Waals surface area contributed by atoms with Crippen LogP contribution in [0.15, 0.2) is 47.2 Å². The molecule has 0 aliphatic carbocycles. The molecule has 4 rings (SSSR count). The van der Waals surface area contributed by atoms with Crippen LogP contribution in [0.1, 0.15) is 11.6 Å². The van der Waals surface area contributed by atoms with Crippen LogP contribution in [0.3, 0.4) is 0 Å². The number of carbonyl (C=O) groups is 1. The molecule has 0 bridgehead atoms. The quantitative estimate of drug-likeness (QED) is 0.786. The van der Waals surface area contributed by atoms with E-state index < -0.39 is 0 Å². The Labute approximate surface area is 160 Å². The van der Waals surface area contributed by atoms with E-state index in [9.17, 15) is 4.79 Å². The van der Waals surface area contributed by atoms with Crippen molar-refractivity contribution >= 4 is 27.8 Å². The molecule has 1 aromatic carbocycles. The summed E-state index contributed by atoms with van der Waals surface area (Å²) in [5.74, 6) is 0.820. The number of hydrazine groups is 1. The van der Waals surface area contributed by atoms with E-state index in [1.165, 1.54) is 0 Å². The summed E-state index contributed by atoms with van der Waals surface area (Å²) in [5.41, 5.74) is 7.52. The van der Waals surface area contributed by atoms with Gasteiger partial charge in [-0.3, -0.25) is 10.2 Å². The van der Waals surface area contributed by atoms with Crippen LogP contribution in [0.4, 0.5) is 5.95 Å². The zero-order valence-electron chi connectivity index (χ0n) is 14.3. The number of amides is 1. The van der Waals surface area contributed by atoms with Crippen molar-refractivity contribution in [2.75, 3.05) is 37.6 Å². The van der Waals surface area contributed by atoms with Crippen molar-refractivity contribution in [2.24, 2.45) is 5.92 Å². The van der Waals surface area contributed by atoms with Gasteiger partial charge in [0.25, 0.3) is 0 Å². The lowest BCUT2D eigenvalue weighted by atomic mass is 9.93. The number of anilines is 1. The molecular weight excluding hydrogens is 396 g/mol. The molecule has 2 fully saturated rings. The Hall–Kier alpha value is -2.03. The molecule has 2 unspecified atom stereocenters. The molecule has 1 aromatic heterocycles. The van der Waals surface area contributed by atoms with Gasteiger partial charge < -0.3 is 9.80 Å². The van der Waals surface area contributed by atoms with Gasteiger partial charge in [-0.05, 0) is 23.8 Å². The van der Waals surface area contributed by atoms with Crippen LogP contribution >= 0.6 is 15.9 Å². The van der Waals surface area contributed by atoms with Gasteiger partial charge >= 0.3 is 0 Å². The summed E-state index contributed by atoms with van der Waals surface area (Å²) in [4.78, 5) is 25.8. The van der Waals surface area contributed by atoms with Crippen molar-refractivity contribution in [3.05, 3.63) is 52.8 Å². The maximum Gasteiger partial charge on any atom is 0.229 e. The Morgan fingerprint density at radius 2 is 1.88 bits per heavy atom. The monoisotopic (exact) mass is 416 g/mol. The fourth-order valence-corrected chi connectivity index (χ4v) is 3.98. The number of aromatic nitrogens is 2. The van der Waals surface area contributed by atoms with E-state index in [4.69, 9.17) is 0 Å². The van der Waals surface area contributed by atoms with Gasteiger partial charge in [0.2, 0.25) is 11.9 Å².